The van der Waals surface area contributed by atoms with Crippen LogP contribution in [0.1, 0.15) is 29.2 Å². The number of halogens is 4. The van der Waals surface area contributed by atoms with Crippen LogP contribution in [0.3, 0.4) is 0 Å². The molecule has 0 radical (unpaired) electrons. The van der Waals surface area contributed by atoms with Gasteiger partial charge in [-0.3, -0.25) is 0 Å². The zero-order valence-electron chi connectivity index (χ0n) is 11.8. The second-order valence-corrected chi connectivity index (χ2v) is 4.75. The van der Waals surface area contributed by atoms with Gasteiger partial charge < -0.3 is 10.1 Å². The zero-order chi connectivity index (χ0) is 15.3. The Kier molecular flexibility index (Phi) is 5.95. The molecule has 1 aromatic rings. The van der Waals surface area contributed by atoms with Crippen LogP contribution in [0.4, 0.5) is 17.6 Å². The van der Waals surface area contributed by atoms with E-state index in [9.17, 15) is 17.6 Å². The molecular weight excluding hydrogens is 274 g/mol. The Hall–Kier alpha value is -1.14. The number of nitrogens with one attached hydrogen (secondary N) is 1. The van der Waals surface area contributed by atoms with Crippen molar-refractivity contribution in [2.45, 2.75) is 32.5 Å². The normalized spacial score (nSPS) is 13.6. The molecule has 20 heavy (non-hydrogen) atoms. The first kappa shape index (κ1) is 16.9. The molecule has 0 aliphatic heterocycles. The van der Waals surface area contributed by atoms with Gasteiger partial charge in [0.05, 0.1) is 0 Å². The van der Waals surface area contributed by atoms with Gasteiger partial charge >= 0.3 is 6.18 Å². The highest BCUT2D eigenvalue weighted by Gasteiger charge is 2.27. The third-order valence-electron chi connectivity index (χ3n) is 3.07. The molecule has 1 aromatic carbocycles. The Bertz CT molecular complexity index is 422. The minimum Gasteiger partial charge on any atom is -0.372 e. The summed E-state index contributed by atoms with van der Waals surface area (Å²) in [7, 11) is 1.72. The SMILES string of the molecule is CNC(CCOCC(F)(F)F)c1c(C)cc(F)cc1C. The quantitative estimate of drug-likeness (QED) is 0.638. The molecule has 0 spiro atoms. The number of hydrogen-bond acceptors (Lipinski definition) is 2. The molecule has 114 valence electrons. The van der Waals surface area contributed by atoms with Crippen LogP contribution in [0.25, 0.3) is 0 Å². The van der Waals surface area contributed by atoms with Gasteiger partial charge in [-0.1, -0.05) is 0 Å². The summed E-state index contributed by atoms with van der Waals surface area (Å²) in [6, 6.07) is 2.68. The number of alkyl halides is 3. The van der Waals surface area contributed by atoms with Crippen LogP contribution < -0.4 is 5.32 Å². The van der Waals surface area contributed by atoms with E-state index in [-0.39, 0.29) is 18.5 Å². The number of ether oxygens (including phenoxy) is 1. The Morgan fingerprint density at radius 1 is 1.20 bits per heavy atom. The van der Waals surface area contributed by atoms with Crippen LogP contribution in [0.15, 0.2) is 12.1 Å². The lowest BCUT2D eigenvalue weighted by atomic mass is 9.94. The molecule has 1 unspecified atom stereocenters. The smallest absolute Gasteiger partial charge is 0.372 e. The molecule has 0 aromatic heterocycles. The second kappa shape index (κ2) is 7.04. The molecule has 0 heterocycles. The third kappa shape index (κ3) is 5.09. The van der Waals surface area contributed by atoms with Crippen molar-refractivity contribution < 1.29 is 22.3 Å². The number of aryl methyl sites for hydroxylation is 2. The molecule has 1 N–H and O–H groups in total. The standard InChI is InChI=1S/C14H19F4NO/c1-9-6-11(15)7-10(2)13(9)12(19-3)4-5-20-8-14(16,17)18/h6-7,12,19H,4-5,8H2,1-3H3. The van der Waals surface area contributed by atoms with Gasteiger partial charge in [-0.05, 0) is 56.1 Å². The first-order valence-corrected chi connectivity index (χ1v) is 6.33. The molecule has 0 aliphatic carbocycles. The van der Waals surface area contributed by atoms with E-state index >= 15 is 0 Å². The Labute approximate surface area is 116 Å². The highest BCUT2D eigenvalue weighted by Crippen LogP contribution is 2.25. The highest BCUT2D eigenvalue weighted by atomic mass is 19.4. The minimum absolute atomic E-state index is 0.0126. The van der Waals surface area contributed by atoms with Gasteiger partial charge in [0, 0.05) is 12.6 Å². The Morgan fingerprint density at radius 2 is 1.75 bits per heavy atom. The summed E-state index contributed by atoms with van der Waals surface area (Å²) in [5.41, 5.74) is 2.46. The van der Waals surface area contributed by atoms with E-state index in [4.69, 9.17) is 0 Å². The molecule has 0 aliphatic rings. The van der Waals surface area contributed by atoms with Crippen LogP contribution in [0.2, 0.25) is 0 Å². The molecule has 0 saturated carbocycles. The molecule has 1 rings (SSSR count). The fourth-order valence-electron chi connectivity index (χ4n) is 2.29. The summed E-state index contributed by atoms with van der Waals surface area (Å²) in [4.78, 5) is 0. The lowest BCUT2D eigenvalue weighted by molar-refractivity contribution is -0.174. The van der Waals surface area contributed by atoms with Crippen molar-refractivity contribution in [1.82, 2.24) is 5.32 Å². The largest absolute Gasteiger partial charge is 0.411 e. The average Bonchev–Trinajstić information content (AvgIpc) is 2.29. The van der Waals surface area contributed by atoms with Gasteiger partial charge in [0.1, 0.15) is 12.4 Å². The van der Waals surface area contributed by atoms with Crippen molar-refractivity contribution in [3.05, 3.63) is 34.6 Å². The number of hydrogen-bond donors (Lipinski definition) is 1. The van der Waals surface area contributed by atoms with Gasteiger partial charge in [0.2, 0.25) is 0 Å². The van der Waals surface area contributed by atoms with E-state index in [0.29, 0.717) is 6.42 Å². The lowest BCUT2D eigenvalue weighted by Crippen LogP contribution is -2.23. The lowest BCUT2D eigenvalue weighted by Gasteiger charge is -2.21. The van der Waals surface area contributed by atoms with Crippen LogP contribution in [0.5, 0.6) is 0 Å². The van der Waals surface area contributed by atoms with Crippen molar-refractivity contribution in [2.75, 3.05) is 20.3 Å². The van der Waals surface area contributed by atoms with Gasteiger partial charge in [-0.2, -0.15) is 13.2 Å². The van der Waals surface area contributed by atoms with E-state index in [0.717, 1.165) is 16.7 Å². The maximum absolute atomic E-state index is 13.2. The molecule has 0 bridgehead atoms. The zero-order valence-corrected chi connectivity index (χ0v) is 11.8. The van der Waals surface area contributed by atoms with Crippen LogP contribution in [-0.2, 0) is 4.74 Å². The topological polar surface area (TPSA) is 21.3 Å². The predicted octanol–water partition coefficient (Wildman–Crippen LogP) is 3.67. The second-order valence-electron chi connectivity index (χ2n) is 4.75. The van der Waals surface area contributed by atoms with Gasteiger partial charge in [0.25, 0.3) is 0 Å². The van der Waals surface area contributed by atoms with Crippen molar-refractivity contribution >= 4 is 0 Å². The molecule has 2 nitrogen and oxygen atoms in total. The summed E-state index contributed by atoms with van der Waals surface area (Å²) in [6.45, 7) is 2.31. The Balaban J connectivity index is 2.68. The number of rotatable bonds is 6. The summed E-state index contributed by atoms with van der Waals surface area (Å²) in [5.74, 6) is -0.313. The van der Waals surface area contributed by atoms with Crippen molar-refractivity contribution in [1.29, 1.82) is 0 Å². The molecule has 1 atom stereocenters. The highest BCUT2D eigenvalue weighted by molar-refractivity contribution is 5.36. The molecule has 0 saturated heterocycles. The fraction of sp³-hybridized carbons (Fsp3) is 0.571. The summed E-state index contributed by atoms with van der Waals surface area (Å²) < 4.78 is 53.8. The summed E-state index contributed by atoms with van der Waals surface area (Å²) in [5, 5.41) is 3.03. The van der Waals surface area contributed by atoms with Crippen LogP contribution >= 0.6 is 0 Å². The van der Waals surface area contributed by atoms with E-state index in [1.54, 1.807) is 20.9 Å². The average molecular weight is 293 g/mol. The first-order chi connectivity index (χ1) is 9.24. The molecule has 0 amide bonds. The van der Waals surface area contributed by atoms with Gasteiger partial charge in [-0.25, -0.2) is 4.39 Å². The van der Waals surface area contributed by atoms with Gasteiger partial charge in [-0.15, -0.1) is 0 Å². The third-order valence-corrected chi connectivity index (χ3v) is 3.07. The minimum atomic E-state index is -4.31. The summed E-state index contributed by atoms with van der Waals surface area (Å²) in [6.07, 6.45) is -3.92. The van der Waals surface area contributed by atoms with E-state index < -0.39 is 12.8 Å². The molecule has 0 fully saturated rings. The van der Waals surface area contributed by atoms with Crippen LogP contribution in [0, 0.1) is 19.7 Å². The van der Waals surface area contributed by atoms with Crippen LogP contribution in [-0.4, -0.2) is 26.4 Å². The van der Waals surface area contributed by atoms with Gasteiger partial charge in [0.15, 0.2) is 0 Å². The predicted molar refractivity (Wildman–Crippen MR) is 69.2 cm³/mol. The van der Waals surface area contributed by atoms with E-state index in [1.807, 2.05) is 0 Å². The molecule has 6 heteroatoms. The number of benzene rings is 1. The summed E-state index contributed by atoms with van der Waals surface area (Å²) >= 11 is 0. The maximum Gasteiger partial charge on any atom is 0.411 e. The Morgan fingerprint density at radius 3 is 2.20 bits per heavy atom. The molecular formula is C14H19F4NO. The monoisotopic (exact) mass is 293 g/mol. The van der Waals surface area contributed by atoms with Crippen molar-refractivity contribution in [3.63, 3.8) is 0 Å². The van der Waals surface area contributed by atoms with Crippen molar-refractivity contribution in [2.24, 2.45) is 0 Å². The fourth-order valence-corrected chi connectivity index (χ4v) is 2.29. The van der Waals surface area contributed by atoms with E-state index in [1.165, 1.54) is 12.1 Å². The van der Waals surface area contributed by atoms with E-state index in [2.05, 4.69) is 10.1 Å². The maximum atomic E-state index is 13.2. The first-order valence-electron chi connectivity index (χ1n) is 6.33. The van der Waals surface area contributed by atoms with Crippen molar-refractivity contribution in [3.8, 4) is 0 Å².